The van der Waals surface area contributed by atoms with Gasteiger partial charge in [-0.15, -0.1) is 0 Å². The Labute approximate surface area is 123 Å². The van der Waals surface area contributed by atoms with E-state index in [1.807, 2.05) is 37.3 Å². The average Bonchev–Trinajstić information content (AvgIpc) is 2.36. The molecular formula is C15H15Cl2NO. The summed E-state index contributed by atoms with van der Waals surface area (Å²) in [5.41, 5.74) is 3.14. The summed E-state index contributed by atoms with van der Waals surface area (Å²) in [5, 5.41) is 4.60. The molecule has 100 valence electrons. The first kappa shape index (κ1) is 14.0. The summed E-state index contributed by atoms with van der Waals surface area (Å²) >= 11 is 11.9. The molecule has 2 rings (SSSR count). The van der Waals surface area contributed by atoms with E-state index in [4.69, 9.17) is 27.9 Å². The molecule has 0 aliphatic heterocycles. The van der Waals surface area contributed by atoms with Crippen molar-refractivity contribution in [2.24, 2.45) is 0 Å². The second-order valence-electron chi connectivity index (χ2n) is 4.33. The van der Waals surface area contributed by atoms with E-state index in [1.165, 1.54) is 0 Å². The van der Waals surface area contributed by atoms with Gasteiger partial charge in [-0.05, 0) is 48.4 Å². The molecule has 0 radical (unpaired) electrons. The van der Waals surface area contributed by atoms with Crippen LogP contribution in [0.25, 0.3) is 0 Å². The van der Waals surface area contributed by atoms with Gasteiger partial charge in [0.25, 0.3) is 0 Å². The molecule has 0 unspecified atom stereocenters. The summed E-state index contributed by atoms with van der Waals surface area (Å²) in [4.78, 5) is 0. The lowest BCUT2D eigenvalue weighted by Crippen LogP contribution is -2.01. The van der Waals surface area contributed by atoms with Gasteiger partial charge in [0.2, 0.25) is 0 Å². The fourth-order valence-corrected chi connectivity index (χ4v) is 2.43. The van der Waals surface area contributed by atoms with Crippen LogP contribution in [-0.2, 0) is 6.54 Å². The van der Waals surface area contributed by atoms with Gasteiger partial charge in [0.1, 0.15) is 5.75 Å². The zero-order chi connectivity index (χ0) is 13.8. The van der Waals surface area contributed by atoms with E-state index in [2.05, 4.69) is 5.32 Å². The van der Waals surface area contributed by atoms with Crippen molar-refractivity contribution in [3.63, 3.8) is 0 Å². The van der Waals surface area contributed by atoms with E-state index >= 15 is 0 Å². The number of methoxy groups -OCH3 is 1. The molecule has 1 N–H and O–H groups in total. The first-order chi connectivity index (χ1) is 9.08. The van der Waals surface area contributed by atoms with Crippen molar-refractivity contribution in [2.45, 2.75) is 13.5 Å². The molecule has 0 heterocycles. The molecule has 2 nitrogen and oxygen atoms in total. The third-order valence-electron chi connectivity index (χ3n) is 2.76. The van der Waals surface area contributed by atoms with E-state index in [1.54, 1.807) is 13.2 Å². The van der Waals surface area contributed by atoms with Gasteiger partial charge in [-0.2, -0.15) is 0 Å². The van der Waals surface area contributed by atoms with E-state index in [0.29, 0.717) is 16.6 Å². The predicted octanol–water partition coefficient (Wildman–Crippen LogP) is 4.92. The smallest absolute Gasteiger partial charge is 0.142 e. The third kappa shape index (κ3) is 3.79. The first-order valence-corrected chi connectivity index (χ1v) is 6.67. The van der Waals surface area contributed by atoms with Crippen LogP contribution in [0.2, 0.25) is 10.0 Å². The van der Waals surface area contributed by atoms with Gasteiger partial charge in [0.05, 0.1) is 12.8 Å². The van der Waals surface area contributed by atoms with Crippen molar-refractivity contribution in [1.82, 2.24) is 0 Å². The molecular weight excluding hydrogens is 281 g/mol. The highest BCUT2D eigenvalue weighted by atomic mass is 35.5. The molecule has 0 saturated heterocycles. The average molecular weight is 296 g/mol. The molecule has 0 atom stereocenters. The van der Waals surface area contributed by atoms with Gasteiger partial charge in [0, 0.05) is 16.6 Å². The highest BCUT2D eigenvalue weighted by molar-refractivity contribution is 6.34. The molecule has 19 heavy (non-hydrogen) atoms. The summed E-state index contributed by atoms with van der Waals surface area (Å²) in [7, 11) is 1.66. The van der Waals surface area contributed by atoms with Crippen molar-refractivity contribution in [3.8, 4) is 5.75 Å². The Balaban J connectivity index is 2.14. The predicted molar refractivity (Wildman–Crippen MR) is 81.5 cm³/mol. The second-order valence-corrected chi connectivity index (χ2v) is 5.21. The number of nitrogens with one attached hydrogen (secondary N) is 1. The maximum Gasteiger partial charge on any atom is 0.142 e. The standard InChI is InChI=1S/C15H15Cl2NO/c1-10-3-4-14(15(5-10)19-2)18-9-11-6-12(16)8-13(17)7-11/h3-8,18H,9H2,1-2H3. The number of hydrogen-bond donors (Lipinski definition) is 1. The Morgan fingerprint density at radius 1 is 1.05 bits per heavy atom. The molecule has 0 aliphatic rings. The van der Waals surface area contributed by atoms with Crippen LogP contribution in [0.5, 0.6) is 5.75 Å². The molecule has 0 aromatic heterocycles. The SMILES string of the molecule is COc1cc(C)ccc1NCc1cc(Cl)cc(Cl)c1. The minimum absolute atomic E-state index is 0.639. The minimum atomic E-state index is 0.639. The van der Waals surface area contributed by atoms with Crippen molar-refractivity contribution in [1.29, 1.82) is 0 Å². The lowest BCUT2D eigenvalue weighted by molar-refractivity contribution is 0.416. The summed E-state index contributed by atoms with van der Waals surface area (Å²) in [6.45, 7) is 2.67. The summed E-state index contributed by atoms with van der Waals surface area (Å²) in [6, 6.07) is 11.5. The fraction of sp³-hybridized carbons (Fsp3) is 0.200. The zero-order valence-corrected chi connectivity index (χ0v) is 12.3. The molecule has 4 heteroatoms. The fourth-order valence-electron chi connectivity index (χ4n) is 1.85. The van der Waals surface area contributed by atoms with Crippen molar-refractivity contribution in [3.05, 3.63) is 57.6 Å². The highest BCUT2D eigenvalue weighted by Gasteiger charge is 2.04. The monoisotopic (exact) mass is 295 g/mol. The van der Waals surface area contributed by atoms with E-state index in [9.17, 15) is 0 Å². The summed E-state index contributed by atoms with van der Waals surface area (Å²) in [5.74, 6) is 0.827. The Bertz CT molecular complexity index is 564. The van der Waals surface area contributed by atoms with Crippen LogP contribution in [-0.4, -0.2) is 7.11 Å². The Kier molecular flexibility index (Phi) is 4.56. The Morgan fingerprint density at radius 3 is 2.37 bits per heavy atom. The summed E-state index contributed by atoms with van der Waals surface area (Å²) < 4.78 is 5.35. The molecule has 0 aliphatic carbocycles. The van der Waals surface area contributed by atoms with Gasteiger partial charge in [-0.25, -0.2) is 0 Å². The number of halogens is 2. The van der Waals surface area contributed by atoms with Crippen molar-refractivity contribution >= 4 is 28.9 Å². The maximum absolute atomic E-state index is 5.97. The maximum atomic E-state index is 5.97. The number of rotatable bonds is 4. The molecule has 0 bridgehead atoms. The van der Waals surface area contributed by atoms with Gasteiger partial charge in [0.15, 0.2) is 0 Å². The lowest BCUT2D eigenvalue weighted by Gasteiger charge is -2.12. The number of ether oxygens (including phenoxy) is 1. The number of aryl methyl sites for hydroxylation is 1. The summed E-state index contributed by atoms with van der Waals surface area (Å²) in [6.07, 6.45) is 0. The van der Waals surface area contributed by atoms with Crippen LogP contribution in [0.4, 0.5) is 5.69 Å². The Hall–Kier alpha value is -1.38. The van der Waals surface area contributed by atoms with Crippen LogP contribution in [0, 0.1) is 6.92 Å². The topological polar surface area (TPSA) is 21.3 Å². The molecule has 2 aromatic carbocycles. The number of benzene rings is 2. The van der Waals surface area contributed by atoms with E-state index in [-0.39, 0.29) is 0 Å². The second kappa shape index (κ2) is 6.18. The largest absolute Gasteiger partial charge is 0.495 e. The minimum Gasteiger partial charge on any atom is -0.495 e. The third-order valence-corrected chi connectivity index (χ3v) is 3.20. The van der Waals surface area contributed by atoms with Gasteiger partial charge in [-0.3, -0.25) is 0 Å². The first-order valence-electron chi connectivity index (χ1n) is 5.92. The lowest BCUT2D eigenvalue weighted by atomic mass is 10.2. The molecule has 0 amide bonds. The molecule has 2 aromatic rings. The van der Waals surface area contributed by atoms with Crippen molar-refractivity contribution in [2.75, 3.05) is 12.4 Å². The van der Waals surface area contributed by atoms with E-state index in [0.717, 1.165) is 22.6 Å². The number of anilines is 1. The van der Waals surface area contributed by atoms with Gasteiger partial charge in [-0.1, -0.05) is 29.3 Å². The molecule has 0 saturated carbocycles. The Morgan fingerprint density at radius 2 is 1.74 bits per heavy atom. The van der Waals surface area contributed by atoms with E-state index < -0.39 is 0 Å². The van der Waals surface area contributed by atoms with Crippen LogP contribution in [0.1, 0.15) is 11.1 Å². The van der Waals surface area contributed by atoms with Gasteiger partial charge >= 0.3 is 0 Å². The normalized spacial score (nSPS) is 10.3. The van der Waals surface area contributed by atoms with Gasteiger partial charge < -0.3 is 10.1 Å². The highest BCUT2D eigenvalue weighted by Crippen LogP contribution is 2.26. The molecule has 0 fully saturated rings. The van der Waals surface area contributed by atoms with Crippen LogP contribution in [0.15, 0.2) is 36.4 Å². The van der Waals surface area contributed by atoms with Crippen LogP contribution in [0.3, 0.4) is 0 Å². The van der Waals surface area contributed by atoms with Crippen molar-refractivity contribution < 1.29 is 4.74 Å². The molecule has 0 spiro atoms. The quantitative estimate of drug-likeness (QED) is 0.864. The van der Waals surface area contributed by atoms with Crippen LogP contribution < -0.4 is 10.1 Å². The van der Waals surface area contributed by atoms with Crippen LogP contribution >= 0.6 is 23.2 Å². The zero-order valence-electron chi connectivity index (χ0n) is 10.8. The number of hydrogen-bond acceptors (Lipinski definition) is 2.